The van der Waals surface area contributed by atoms with Crippen LogP contribution >= 0.6 is 0 Å². The molecule has 100 valence electrons. The van der Waals surface area contributed by atoms with Crippen LogP contribution in [0, 0.1) is 0 Å². The van der Waals surface area contributed by atoms with Crippen molar-refractivity contribution < 1.29 is 4.74 Å². The molecule has 0 saturated carbocycles. The fraction of sp³-hybridized carbons (Fsp3) is 0.692. The fourth-order valence-corrected chi connectivity index (χ4v) is 2.20. The van der Waals surface area contributed by atoms with E-state index in [1.807, 2.05) is 13.8 Å². The molecule has 0 radical (unpaired) electrons. The summed E-state index contributed by atoms with van der Waals surface area (Å²) in [6.07, 6.45) is 4.68. The van der Waals surface area contributed by atoms with E-state index in [0.29, 0.717) is 11.9 Å². The first-order valence-electron chi connectivity index (χ1n) is 6.47. The summed E-state index contributed by atoms with van der Waals surface area (Å²) < 4.78 is 5.72. The summed E-state index contributed by atoms with van der Waals surface area (Å²) in [6.45, 7) is 6.01. The van der Waals surface area contributed by atoms with Crippen molar-refractivity contribution in [1.29, 1.82) is 0 Å². The van der Waals surface area contributed by atoms with E-state index < -0.39 is 0 Å². The molecule has 0 spiro atoms. The van der Waals surface area contributed by atoms with Crippen LogP contribution in [0.25, 0.3) is 0 Å². The zero-order chi connectivity index (χ0) is 13.1. The second-order valence-corrected chi connectivity index (χ2v) is 5.20. The van der Waals surface area contributed by atoms with E-state index >= 15 is 0 Å². The average molecular weight is 250 g/mol. The van der Waals surface area contributed by atoms with Crippen LogP contribution in [0.15, 0.2) is 12.4 Å². The van der Waals surface area contributed by atoms with Crippen molar-refractivity contribution in [2.45, 2.75) is 32.4 Å². The Hall–Kier alpha value is -1.36. The highest BCUT2D eigenvalue weighted by Crippen LogP contribution is 2.27. The van der Waals surface area contributed by atoms with Gasteiger partial charge in [0.25, 0.3) is 5.88 Å². The molecule has 0 aromatic carbocycles. The van der Waals surface area contributed by atoms with Crippen LogP contribution < -0.4 is 9.64 Å². The first-order chi connectivity index (χ1) is 8.58. The van der Waals surface area contributed by atoms with Crippen LogP contribution in [0.1, 0.15) is 20.3 Å². The van der Waals surface area contributed by atoms with Gasteiger partial charge in [-0.25, -0.2) is 9.97 Å². The van der Waals surface area contributed by atoms with Crippen LogP contribution in [-0.2, 0) is 0 Å². The van der Waals surface area contributed by atoms with Gasteiger partial charge in [0.05, 0.1) is 6.10 Å². The second kappa shape index (κ2) is 5.52. The molecule has 1 unspecified atom stereocenters. The lowest BCUT2D eigenvalue weighted by molar-refractivity contribution is 0.232. The fourth-order valence-electron chi connectivity index (χ4n) is 2.20. The van der Waals surface area contributed by atoms with Crippen molar-refractivity contribution in [2.75, 3.05) is 32.1 Å². The number of rotatable bonds is 4. The molecule has 1 saturated heterocycles. The molecule has 1 aliphatic heterocycles. The minimum Gasteiger partial charge on any atom is -0.472 e. The molecule has 18 heavy (non-hydrogen) atoms. The summed E-state index contributed by atoms with van der Waals surface area (Å²) in [5.41, 5.74) is 0. The van der Waals surface area contributed by atoms with E-state index in [2.05, 4.69) is 33.9 Å². The van der Waals surface area contributed by atoms with Gasteiger partial charge < -0.3 is 14.5 Å². The predicted molar refractivity (Wildman–Crippen MR) is 72.1 cm³/mol. The summed E-state index contributed by atoms with van der Waals surface area (Å²) in [6, 6.07) is 0.582. The highest BCUT2D eigenvalue weighted by atomic mass is 16.5. The topological polar surface area (TPSA) is 41.5 Å². The molecule has 1 aromatic heterocycles. The quantitative estimate of drug-likeness (QED) is 0.808. The average Bonchev–Trinajstić information content (AvgIpc) is 2.78. The number of nitrogens with zero attached hydrogens (tertiary/aromatic N) is 4. The van der Waals surface area contributed by atoms with Gasteiger partial charge in [-0.1, -0.05) is 0 Å². The van der Waals surface area contributed by atoms with Crippen LogP contribution in [0.4, 0.5) is 5.82 Å². The summed E-state index contributed by atoms with van der Waals surface area (Å²) in [7, 11) is 4.24. The van der Waals surface area contributed by atoms with Gasteiger partial charge in [0.15, 0.2) is 5.82 Å². The van der Waals surface area contributed by atoms with Crippen molar-refractivity contribution in [1.82, 2.24) is 14.9 Å². The minimum absolute atomic E-state index is 0.118. The standard InChI is InChI=1S/C13H22N4O/c1-10(2)18-13-12(14-6-7-15-13)17-8-5-11(9-17)16(3)4/h6-7,10-11H,5,8-9H2,1-4H3. The van der Waals surface area contributed by atoms with Crippen molar-refractivity contribution in [3.05, 3.63) is 12.4 Å². The Kier molecular flexibility index (Phi) is 4.01. The molecule has 0 aliphatic carbocycles. The largest absolute Gasteiger partial charge is 0.472 e. The molecule has 0 N–H and O–H groups in total. The van der Waals surface area contributed by atoms with Gasteiger partial charge in [-0.05, 0) is 34.4 Å². The summed E-state index contributed by atoms with van der Waals surface area (Å²) in [4.78, 5) is 13.2. The van der Waals surface area contributed by atoms with Crippen molar-refractivity contribution in [3.63, 3.8) is 0 Å². The van der Waals surface area contributed by atoms with Gasteiger partial charge in [-0.2, -0.15) is 0 Å². The molecule has 0 bridgehead atoms. The Morgan fingerprint density at radius 2 is 2.06 bits per heavy atom. The molecule has 2 rings (SSSR count). The predicted octanol–water partition coefficient (Wildman–Crippen LogP) is 1.40. The van der Waals surface area contributed by atoms with Gasteiger partial charge >= 0.3 is 0 Å². The lowest BCUT2D eigenvalue weighted by atomic mass is 10.2. The Morgan fingerprint density at radius 3 is 2.67 bits per heavy atom. The molecule has 2 heterocycles. The normalized spacial score (nSPS) is 19.9. The first-order valence-corrected chi connectivity index (χ1v) is 6.47. The van der Waals surface area contributed by atoms with Crippen LogP contribution in [0.3, 0.4) is 0 Å². The number of ether oxygens (including phenoxy) is 1. The first kappa shape index (κ1) is 13.1. The highest BCUT2D eigenvalue weighted by molar-refractivity contribution is 5.49. The number of aromatic nitrogens is 2. The van der Waals surface area contributed by atoms with Crippen LogP contribution in [-0.4, -0.2) is 54.2 Å². The van der Waals surface area contributed by atoms with Crippen molar-refractivity contribution in [2.24, 2.45) is 0 Å². The summed E-state index contributed by atoms with van der Waals surface area (Å²) in [5.74, 6) is 1.52. The number of anilines is 1. The van der Waals surface area contributed by atoms with E-state index in [9.17, 15) is 0 Å². The summed E-state index contributed by atoms with van der Waals surface area (Å²) in [5, 5.41) is 0. The van der Waals surface area contributed by atoms with Gasteiger partial charge in [0.1, 0.15) is 0 Å². The zero-order valence-electron chi connectivity index (χ0n) is 11.6. The van der Waals surface area contributed by atoms with E-state index in [1.54, 1.807) is 12.4 Å². The number of likely N-dealkylation sites (N-methyl/N-ethyl adjacent to an activating group) is 1. The SMILES string of the molecule is CC(C)Oc1nccnc1N1CCC(N(C)C)C1. The molecule has 1 aromatic rings. The Labute approximate surface area is 109 Å². The second-order valence-electron chi connectivity index (χ2n) is 5.20. The highest BCUT2D eigenvalue weighted by Gasteiger charge is 2.27. The molecule has 1 fully saturated rings. The molecule has 5 heteroatoms. The zero-order valence-corrected chi connectivity index (χ0v) is 11.6. The van der Waals surface area contributed by atoms with Crippen molar-refractivity contribution >= 4 is 5.82 Å². The van der Waals surface area contributed by atoms with E-state index in [0.717, 1.165) is 25.3 Å². The maximum absolute atomic E-state index is 5.72. The monoisotopic (exact) mass is 250 g/mol. The Balaban J connectivity index is 2.14. The van der Waals surface area contributed by atoms with E-state index in [4.69, 9.17) is 4.74 Å². The number of hydrogen-bond donors (Lipinski definition) is 0. The van der Waals surface area contributed by atoms with Crippen LogP contribution in [0.5, 0.6) is 5.88 Å². The maximum Gasteiger partial charge on any atom is 0.257 e. The minimum atomic E-state index is 0.118. The van der Waals surface area contributed by atoms with Gasteiger partial charge in [0, 0.05) is 31.5 Å². The lowest BCUT2D eigenvalue weighted by Gasteiger charge is -2.22. The third kappa shape index (κ3) is 2.90. The van der Waals surface area contributed by atoms with Gasteiger partial charge in [-0.3, -0.25) is 0 Å². The smallest absolute Gasteiger partial charge is 0.257 e. The van der Waals surface area contributed by atoms with E-state index in [-0.39, 0.29) is 6.10 Å². The van der Waals surface area contributed by atoms with Gasteiger partial charge in [-0.15, -0.1) is 0 Å². The molecule has 1 aliphatic rings. The molecule has 1 atom stereocenters. The molecule has 5 nitrogen and oxygen atoms in total. The molecule has 0 amide bonds. The maximum atomic E-state index is 5.72. The Morgan fingerprint density at radius 1 is 1.33 bits per heavy atom. The van der Waals surface area contributed by atoms with Gasteiger partial charge in [0.2, 0.25) is 0 Å². The molecular formula is C13H22N4O. The van der Waals surface area contributed by atoms with Crippen LogP contribution in [0.2, 0.25) is 0 Å². The van der Waals surface area contributed by atoms with E-state index in [1.165, 1.54) is 0 Å². The number of hydrogen-bond acceptors (Lipinski definition) is 5. The third-order valence-electron chi connectivity index (χ3n) is 3.19. The third-order valence-corrected chi connectivity index (χ3v) is 3.19. The summed E-state index contributed by atoms with van der Waals surface area (Å²) >= 11 is 0. The molecular weight excluding hydrogens is 228 g/mol. The Bertz CT molecular complexity index is 394. The van der Waals surface area contributed by atoms with Crippen molar-refractivity contribution in [3.8, 4) is 5.88 Å². The lowest BCUT2D eigenvalue weighted by Crippen LogP contribution is -2.32.